The number of carbonyl (C=O) groups is 1. The summed E-state index contributed by atoms with van der Waals surface area (Å²) in [5, 5.41) is 10.1. The molecule has 2 aromatic rings. The molecule has 0 aliphatic heterocycles. The van der Waals surface area contributed by atoms with Gasteiger partial charge in [0.2, 0.25) is 0 Å². The smallest absolute Gasteiger partial charge is 0.348 e. The molecule has 0 spiro atoms. The summed E-state index contributed by atoms with van der Waals surface area (Å²) in [6.07, 6.45) is 0.751. The minimum absolute atomic E-state index is 0.317. The Balaban J connectivity index is 2.62. The molecule has 0 saturated heterocycles. The maximum absolute atomic E-state index is 11.3. The lowest BCUT2D eigenvalue weighted by molar-refractivity contribution is 0.0702. The minimum Gasteiger partial charge on any atom is -0.477 e. The van der Waals surface area contributed by atoms with Gasteiger partial charge in [-0.2, -0.15) is 0 Å². The van der Waals surface area contributed by atoms with Gasteiger partial charge in [-0.25, -0.2) is 9.78 Å². The Hall–Kier alpha value is -1.20. The van der Waals surface area contributed by atoms with Gasteiger partial charge in [-0.3, -0.25) is 0 Å². The highest BCUT2D eigenvalue weighted by Gasteiger charge is 2.19. The van der Waals surface area contributed by atoms with Crippen LogP contribution >= 0.6 is 27.3 Å². The van der Waals surface area contributed by atoms with Crippen LogP contribution in [0.3, 0.4) is 0 Å². The van der Waals surface area contributed by atoms with E-state index >= 15 is 0 Å². The highest BCUT2D eigenvalue weighted by atomic mass is 79.9. The van der Waals surface area contributed by atoms with Crippen LogP contribution in [0.2, 0.25) is 0 Å². The van der Waals surface area contributed by atoms with Crippen LogP contribution < -0.4 is 0 Å². The second kappa shape index (κ2) is 5.20. The highest BCUT2D eigenvalue weighted by Crippen LogP contribution is 2.32. The fourth-order valence-electron chi connectivity index (χ4n) is 1.74. The van der Waals surface area contributed by atoms with E-state index in [1.165, 1.54) is 11.3 Å². The van der Waals surface area contributed by atoms with Crippen molar-refractivity contribution in [1.29, 1.82) is 0 Å². The van der Waals surface area contributed by atoms with Crippen molar-refractivity contribution >= 4 is 33.2 Å². The third-order valence-corrected chi connectivity index (χ3v) is 4.29. The van der Waals surface area contributed by atoms with E-state index in [4.69, 9.17) is 0 Å². The van der Waals surface area contributed by atoms with E-state index in [0.717, 1.165) is 27.0 Å². The molecule has 0 amide bonds. The molecule has 0 fully saturated rings. The topological polar surface area (TPSA) is 50.2 Å². The van der Waals surface area contributed by atoms with Gasteiger partial charge in [0.15, 0.2) is 0 Å². The maximum Gasteiger partial charge on any atom is 0.348 e. The van der Waals surface area contributed by atoms with E-state index in [0.29, 0.717) is 10.6 Å². The highest BCUT2D eigenvalue weighted by molar-refractivity contribution is 9.10. The van der Waals surface area contributed by atoms with Crippen molar-refractivity contribution in [1.82, 2.24) is 4.98 Å². The van der Waals surface area contributed by atoms with Crippen LogP contribution in [0.15, 0.2) is 22.7 Å². The number of carboxylic acids is 1. The zero-order chi connectivity index (χ0) is 13.3. The number of hydrogen-bond acceptors (Lipinski definition) is 3. The summed E-state index contributed by atoms with van der Waals surface area (Å²) >= 11 is 4.65. The summed E-state index contributed by atoms with van der Waals surface area (Å²) in [6, 6.07) is 5.77. The molecule has 0 saturated carbocycles. The van der Waals surface area contributed by atoms with Gasteiger partial charge < -0.3 is 5.11 Å². The first-order valence-corrected chi connectivity index (χ1v) is 7.13. The van der Waals surface area contributed by atoms with Gasteiger partial charge in [-0.05, 0) is 31.0 Å². The first-order chi connectivity index (χ1) is 8.52. The molecule has 0 bridgehead atoms. The zero-order valence-corrected chi connectivity index (χ0v) is 12.4. The second-order valence-corrected chi connectivity index (χ2v) is 5.90. The van der Waals surface area contributed by atoms with Crippen molar-refractivity contribution in [3.05, 3.63) is 38.1 Å². The molecule has 0 radical (unpaired) electrons. The molecule has 2 rings (SSSR count). The Morgan fingerprint density at radius 3 is 2.78 bits per heavy atom. The Morgan fingerprint density at radius 1 is 1.50 bits per heavy atom. The van der Waals surface area contributed by atoms with Crippen LogP contribution in [0.5, 0.6) is 0 Å². The van der Waals surface area contributed by atoms with Crippen LogP contribution in [0, 0.1) is 6.92 Å². The first-order valence-electron chi connectivity index (χ1n) is 5.52. The molecule has 94 valence electrons. The Morgan fingerprint density at radius 2 is 2.22 bits per heavy atom. The van der Waals surface area contributed by atoms with Gasteiger partial charge in [0.05, 0.1) is 10.7 Å². The van der Waals surface area contributed by atoms with Gasteiger partial charge in [0.25, 0.3) is 0 Å². The summed E-state index contributed by atoms with van der Waals surface area (Å²) in [5.41, 5.74) is 2.47. The number of rotatable bonds is 3. The van der Waals surface area contributed by atoms with Crippen LogP contribution in [-0.2, 0) is 6.42 Å². The normalized spacial score (nSPS) is 10.6. The molecule has 0 aliphatic carbocycles. The number of nitrogens with zero attached hydrogens (tertiary/aromatic N) is 1. The number of carboxylic acid groups (broad SMARTS) is 1. The van der Waals surface area contributed by atoms with Crippen molar-refractivity contribution in [3.8, 4) is 11.3 Å². The predicted octanol–water partition coefficient (Wildman–Crippen LogP) is 4.14. The standard InChI is InChI=1S/C13H12BrNO2S/c1-3-10-15-11(12(18-10)13(16)17)9-5-4-8(14)6-7(9)2/h4-6H,3H2,1-2H3,(H,16,17). The molecular formula is C13H12BrNO2S. The molecule has 5 heteroatoms. The van der Waals surface area contributed by atoms with E-state index in [1.807, 2.05) is 32.0 Å². The number of hydrogen-bond donors (Lipinski definition) is 1. The number of aryl methyl sites for hydroxylation is 2. The predicted molar refractivity (Wildman–Crippen MR) is 76.3 cm³/mol. The number of thiazole rings is 1. The second-order valence-electron chi connectivity index (χ2n) is 3.90. The average molecular weight is 326 g/mol. The number of benzene rings is 1. The molecule has 0 aliphatic rings. The van der Waals surface area contributed by atoms with E-state index in [2.05, 4.69) is 20.9 Å². The lowest BCUT2D eigenvalue weighted by Gasteiger charge is -2.04. The van der Waals surface area contributed by atoms with Crippen molar-refractivity contribution in [2.24, 2.45) is 0 Å². The largest absolute Gasteiger partial charge is 0.477 e. The summed E-state index contributed by atoms with van der Waals surface area (Å²) in [7, 11) is 0. The van der Waals surface area contributed by atoms with Crippen LogP contribution in [-0.4, -0.2) is 16.1 Å². The monoisotopic (exact) mass is 325 g/mol. The zero-order valence-electron chi connectivity index (χ0n) is 10.0. The lowest BCUT2D eigenvalue weighted by atomic mass is 10.1. The number of halogens is 1. The first kappa shape index (κ1) is 13.2. The third-order valence-electron chi connectivity index (χ3n) is 2.61. The van der Waals surface area contributed by atoms with Crippen molar-refractivity contribution in [2.45, 2.75) is 20.3 Å². The lowest BCUT2D eigenvalue weighted by Crippen LogP contribution is -1.96. The molecule has 1 aromatic heterocycles. The van der Waals surface area contributed by atoms with E-state index in [1.54, 1.807) is 0 Å². The number of aromatic nitrogens is 1. The van der Waals surface area contributed by atoms with Crippen LogP contribution in [0.4, 0.5) is 0 Å². The fourth-order valence-corrected chi connectivity index (χ4v) is 3.07. The molecule has 1 N–H and O–H groups in total. The molecule has 18 heavy (non-hydrogen) atoms. The van der Waals surface area contributed by atoms with E-state index < -0.39 is 5.97 Å². The van der Waals surface area contributed by atoms with Gasteiger partial charge in [-0.15, -0.1) is 11.3 Å². The summed E-state index contributed by atoms with van der Waals surface area (Å²) in [5.74, 6) is -0.912. The Labute approximate surface area is 118 Å². The molecule has 0 unspecified atom stereocenters. The molecule has 3 nitrogen and oxygen atoms in total. The van der Waals surface area contributed by atoms with E-state index in [9.17, 15) is 9.90 Å². The van der Waals surface area contributed by atoms with Gasteiger partial charge in [0, 0.05) is 10.0 Å². The van der Waals surface area contributed by atoms with Crippen LogP contribution in [0.1, 0.15) is 27.2 Å². The van der Waals surface area contributed by atoms with Gasteiger partial charge in [0.1, 0.15) is 4.88 Å². The summed E-state index contributed by atoms with van der Waals surface area (Å²) in [6.45, 7) is 3.93. The number of aromatic carboxylic acids is 1. The SMILES string of the molecule is CCc1nc(-c2ccc(Br)cc2C)c(C(=O)O)s1. The van der Waals surface area contributed by atoms with Gasteiger partial charge >= 0.3 is 5.97 Å². The average Bonchev–Trinajstić information content (AvgIpc) is 2.73. The quantitative estimate of drug-likeness (QED) is 0.922. The van der Waals surface area contributed by atoms with Crippen molar-refractivity contribution in [2.75, 3.05) is 0 Å². The molecule has 0 atom stereocenters. The van der Waals surface area contributed by atoms with E-state index in [-0.39, 0.29) is 0 Å². The molecule has 1 heterocycles. The maximum atomic E-state index is 11.3. The minimum atomic E-state index is -0.912. The molecule has 1 aromatic carbocycles. The summed E-state index contributed by atoms with van der Waals surface area (Å²) < 4.78 is 0.978. The third kappa shape index (κ3) is 2.47. The Kier molecular flexibility index (Phi) is 3.82. The van der Waals surface area contributed by atoms with Crippen molar-refractivity contribution < 1.29 is 9.90 Å². The Bertz CT molecular complexity index is 607. The van der Waals surface area contributed by atoms with Gasteiger partial charge in [-0.1, -0.05) is 28.9 Å². The molecular weight excluding hydrogens is 314 g/mol. The fraction of sp³-hybridized carbons (Fsp3) is 0.231. The van der Waals surface area contributed by atoms with Crippen molar-refractivity contribution in [3.63, 3.8) is 0 Å². The summed E-state index contributed by atoms with van der Waals surface area (Å²) in [4.78, 5) is 16.0. The van der Waals surface area contributed by atoms with Crippen LogP contribution in [0.25, 0.3) is 11.3 Å².